The van der Waals surface area contributed by atoms with Gasteiger partial charge in [0, 0.05) is 32.4 Å². The Kier molecular flexibility index (Phi) is 8.45. The molecule has 2 aliphatic heterocycles. The minimum Gasteiger partial charge on any atom is -0.480 e. The van der Waals surface area contributed by atoms with Crippen LogP contribution in [-0.2, 0) is 45.7 Å². The molecule has 3 atom stereocenters. The summed E-state index contributed by atoms with van der Waals surface area (Å²) in [7, 11) is -1.12. The highest BCUT2D eigenvalue weighted by Crippen LogP contribution is 2.26. The van der Waals surface area contributed by atoms with Gasteiger partial charge < -0.3 is 28.9 Å². The van der Waals surface area contributed by atoms with E-state index in [2.05, 4.69) is 9.71 Å². The third-order valence-corrected chi connectivity index (χ3v) is 7.35. The molecule has 3 unspecified atom stereocenters. The second kappa shape index (κ2) is 11.1. The lowest BCUT2D eigenvalue weighted by atomic mass is 9.96. The first-order valence-corrected chi connectivity index (χ1v) is 12.5. The molecule has 0 radical (unpaired) electrons. The van der Waals surface area contributed by atoms with Crippen LogP contribution in [0.4, 0.5) is 0 Å². The molecule has 35 heavy (non-hydrogen) atoms. The van der Waals surface area contributed by atoms with Gasteiger partial charge in [0.15, 0.2) is 5.03 Å². The quantitative estimate of drug-likeness (QED) is 0.361. The summed E-state index contributed by atoms with van der Waals surface area (Å²) in [6.45, 7) is -0.920. The number of nitrogens with one attached hydrogen (secondary N) is 1. The molecule has 2 amide bonds. The number of hydrogen-bond donors (Lipinski definition) is 2. The number of rotatable bonds is 9. The average Bonchev–Trinajstić information content (AvgIpc) is 3.47. The molecule has 3 heterocycles. The van der Waals surface area contributed by atoms with Crippen LogP contribution < -0.4 is 4.72 Å². The molecule has 2 N–H and O–H groups in total. The monoisotopic (exact) mass is 515 g/mol. The van der Waals surface area contributed by atoms with Crippen LogP contribution in [-0.4, -0.2) is 108 Å². The zero-order valence-corrected chi connectivity index (χ0v) is 20.3. The van der Waals surface area contributed by atoms with Gasteiger partial charge in [0.25, 0.3) is 10.0 Å². The number of carbonyl (C=O) groups is 4. The Balaban J connectivity index is 1.79. The Labute approximate surface area is 202 Å². The third kappa shape index (κ3) is 6.35. The van der Waals surface area contributed by atoms with Gasteiger partial charge in [-0.2, -0.15) is 0 Å². The first-order chi connectivity index (χ1) is 16.5. The fraction of sp³-hybridized carbons (Fsp3) is 0.650. The van der Waals surface area contributed by atoms with Gasteiger partial charge in [-0.15, -0.1) is 0 Å². The molecular weight excluding hydrogens is 486 g/mol. The SMILES string of the molecule is COC(=O)C1CCCN1C(=O)C1CC(NS(=O)(=O)c2cn(C)cn2)CCN1C(=O)COCC(=O)O. The molecule has 194 valence electrons. The number of ether oxygens (including phenoxy) is 2. The zero-order valence-electron chi connectivity index (χ0n) is 19.5. The van der Waals surface area contributed by atoms with Crippen molar-refractivity contribution in [1.29, 1.82) is 0 Å². The number of carboxylic acid groups (broad SMARTS) is 1. The van der Waals surface area contributed by atoms with E-state index in [4.69, 9.17) is 14.6 Å². The van der Waals surface area contributed by atoms with Gasteiger partial charge in [-0.05, 0) is 25.7 Å². The highest BCUT2D eigenvalue weighted by Gasteiger charge is 2.44. The topological polar surface area (TPSA) is 177 Å². The molecule has 0 saturated carbocycles. The number of likely N-dealkylation sites (tertiary alicyclic amines) is 2. The molecule has 15 heteroatoms. The molecule has 1 aromatic heterocycles. The summed E-state index contributed by atoms with van der Waals surface area (Å²) >= 11 is 0. The average molecular weight is 516 g/mol. The highest BCUT2D eigenvalue weighted by atomic mass is 32.2. The summed E-state index contributed by atoms with van der Waals surface area (Å²) in [6.07, 6.45) is 3.84. The number of esters is 1. The molecule has 0 bridgehead atoms. The number of methoxy groups -OCH3 is 1. The second-order valence-electron chi connectivity index (χ2n) is 8.42. The maximum Gasteiger partial charge on any atom is 0.329 e. The molecular formula is C20H29N5O9S. The van der Waals surface area contributed by atoms with Crippen LogP contribution in [0.5, 0.6) is 0 Å². The van der Waals surface area contributed by atoms with E-state index >= 15 is 0 Å². The van der Waals surface area contributed by atoms with Crippen LogP contribution in [0.15, 0.2) is 17.6 Å². The van der Waals surface area contributed by atoms with E-state index in [0.29, 0.717) is 12.8 Å². The lowest BCUT2D eigenvalue weighted by molar-refractivity contribution is -0.157. The van der Waals surface area contributed by atoms with Crippen molar-refractivity contribution in [2.24, 2.45) is 7.05 Å². The van der Waals surface area contributed by atoms with Gasteiger partial charge >= 0.3 is 11.9 Å². The van der Waals surface area contributed by atoms with E-state index in [-0.39, 0.29) is 31.0 Å². The zero-order chi connectivity index (χ0) is 25.8. The predicted molar refractivity (Wildman–Crippen MR) is 117 cm³/mol. The molecule has 0 aromatic carbocycles. The van der Waals surface area contributed by atoms with Crippen molar-refractivity contribution in [2.45, 2.75) is 48.8 Å². The summed E-state index contributed by atoms with van der Waals surface area (Å²) < 4.78 is 39.2. The summed E-state index contributed by atoms with van der Waals surface area (Å²) in [5.41, 5.74) is 0. The van der Waals surface area contributed by atoms with Crippen molar-refractivity contribution >= 4 is 33.8 Å². The van der Waals surface area contributed by atoms with Crippen LogP contribution in [0, 0.1) is 0 Å². The van der Waals surface area contributed by atoms with Gasteiger partial charge in [-0.1, -0.05) is 0 Å². The highest BCUT2D eigenvalue weighted by molar-refractivity contribution is 7.89. The van der Waals surface area contributed by atoms with Gasteiger partial charge in [-0.25, -0.2) is 27.7 Å². The van der Waals surface area contributed by atoms with Gasteiger partial charge in [0.2, 0.25) is 11.8 Å². The van der Waals surface area contributed by atoms with Crippen LogP contribution in [0.1, 0.15) is 25.7 Å². The van der Waals surface area contributed by atoms with Gasteiger partial charge in [0.1, 0.15) is 25.3 Å². The number of hydrogen-bond acceptors (Lipinski definition) is 9. The number of aliphatic carboxylic acids is 1. The van der Waals surface area contributed by atoms with E-state index in [0.717, 1.165) is 0 Å². The minimum atomic E-state index is -3.97. The lowest BCUT2D eigenvalue weighted by Gasteiger charge is -2.40. The Morgan fingerprint density at radius 2 is 1.89 bits per heavy atom. The molecule has 0 aliphatic carbocycles. The molecule has 0 spiro atoms. The van der Waals surface area contributed by atoms with Crippen molar-refractivity contribution in [1.82, 2.24) is 24.1 Å². The van der Waals surface area contributed by atoms with E-state index in [1.54, 1.807) is 7.05 Å². The number of nitrogens with zero attached hydrogens (tertiary/aromatic N) is 4. The summed E-state index contributed by atoms with van der Waals surface area (Å²) in [4.78, 5) is 55.6. The van der Waals surface area contributed by atoms with Crippen molar-refractivity contribution in [3.8, 4) is 0 Å². The number of carbonyl (C=O) groups excluding carboxylic acids is 3. The van der Waals surface area contributed by atoms with Gasteiger partial charge in [-0.3, -0.25) is 9.59 Å². The van der Waals surface area contributed by atoms with Crippen molar-refractivity contribution in [2.75, 3.05) is 33.4 Å². The second-order valence-corrected chi connectivity index (χ2v) is 10.1. The number of piperidine rings is 1. The normalized spacial score (nSPS) is 22.7. The molecule has 2 saturated heterocycles. The Hall–Kier alpha value is -3.04. The number of amides is 2. The number of aryl methyl sites for hydroxylation is 1. The Morgan fingerprint density at radius 1 is 1.14 bits per heavy atom. The number of sulfonamides is 1. The molecule has 14 nitrogen and oxygen atoms in total. The number of imidazole rings is 1. The van der Waals surface area contributed by atoms with Crippen LogP contribution in [0.3, 0.4) is 0 Å². The Morgan fingerprint density at radius 3 is 2.51 bits per heavy atom. The van der Waals surface area contributed by atoms with E-state index < -0.39 is 65.1 Å². The predicted octanol–water partition coefficient (Wildman–Crippen LogP) is -1.68. The first-order valence-electron chi connectivity index (χ1n) is 11.0. The number of carboxylic acids is 1. The van der Waals surface area contributed by atoms with E-state index in [1.807, 2.05) is 0 Å². The fourth-order valence-corrected chi connectivity index (χ4v) is 5.59. The summed E-state index contributed by atoms with van der Waals surface area (Å²) in [6, 6.07) is -2.55. The lowest BCUT2D eigenvalue weighted by Crippen LogP contribution is -2.59. The van der Waals surface area contributed by atoms with Crippen molar-refractivity contribution in [3.05, 3.63) is 12.5 Å². The largest absolute Gasteiger partial charge is 0.480 e. The minimum absolute atomic E-state index is 0.0256. The van der Waals surface area contributed by atoms with Crippen LogP contribution in [0.25, 0.3) is 0 Å². The molecule has 3 rings (SSSR count). The van der Waals surface area contributed by atoms with Crippen LogP contribution in [0.2, 0.25) is 0 Å². The first kappa shape index (κ1) is 26.6. The molecule has 2 aliphatic rings. The Bertz CT molecular complexity index is 1070. The maximum absolute atomic E-state index is 13.5. The molecule has 2 fully saturated rings. The van der Waals surface area contributed by atoms with Crippen LogP contribution >= 0.6 is 0 Å². The third-order valence-electron chi connectivity index (χ3n) is 5.95. The summed E-state index contributed by atoms with van der Waals surface area (Å²) in [5, 5.41) is 8.56. The van der Waals surface area contributed by atoms with Gasteiger partial charge in [0.05, 0.1) is 13.4 Å². The summed E-state index contributed by atoms with van der Waals surface area (Å²) in [5.74, 6) is -2.93. The van der Waals surface area contributed by atoms with E-state index in [1.165, 1.54) is 34.0 Å². The fourth-order valence-electron chi connectivity index (χ4n) is 4.32. The van der Waals surface area contributed by atoms with E-state index in [9.17, 15) is 27.6 Å². The van der Waals surface area contributed by atoms with Crippen molar-refractivity contribution < 1.29 is 42.2 Å². The smallest absolute Gasteiger partial charge is 0.329 e. The maximum atomic E-state index is 13.5. The van der Waals surface area contributed by atoms with Crippen molar-refractivity contribution in [3.63, 3.8) is 0 Å². The standard InChI is InChI=1S/C20H29N5O9S/c1-23-9-16(21-12-23)35(31,32)22-13-5-7-24(17(26)10-34-11-18(27)28)15(8-13)19(29)25-6-3-4-14(25)20(30)33-2/h9,12-15,22H,3-8,10-11H2,1-2H3,(H,27,28). The molecule has 1 aromatic rings. The number of aromatic nitrogens is 2.